The fraction of sp³-hybridized carbons (Fsp3) is 0.190. The van der Waals surface area contributed by atoms with Gasteiger partial charge in [0.1, 0.15) is 24.0 Å². The van der Waals surface area contributed by atoms with Crippen LogP contribution in [0.4, 0.5) is 13.9 Å². The molecule has 0 saturated carbocycles. The number of carbonyl (C=O) groups is 1. The molecule has 9 heteroatoms. The lowest BCUT2D eigenvalue weighted by molar-refractivity contribution is -0.142. The summed E-state index contributed by atoms with van der Waals surface area (Å²) in [6.45, 7) is 2.06. The lowest BCUT2D eigenvalue weighted by Gasteiger charge is -2.08. The summed E-state index contributed by atoms with van der Waals surface area (Å²) in [7, 11) is 0. The van der Waals surface area contributed by atoms with E-state index in [2.05, 4.69) is 15.5 Å². The molecular weight excluding hydrogens is 412 g/mol. The van der Waals surface area contributed by atoms with Crippen LogP contribution in [0.5, 0.6) is 5.75 Å². The second kappa shape index (κ2) is 10.4. The fourth-order valence-corrected chi connectivity index (χ4v) is 3.10. The van der Waals surface area contributed by atoms with Crippen molar-refractivity contribution < 1.29 is 23.0 Å². The number of esters is 1. The van der Waals surface area contributed by atoms with Gasteiger partial charge in [-0.25, -0.2) is 13.8 Å². The van der Waals surface area contributed by atoms with Crippen LogP contribution in [0.15, 0.2) is 52.9 Å². The van der Waals surface area contributed by atoms with Gasteiger partial charge in [-0.15, -0.1) is 11.3 Å². The van der Waals surface area contributed by atoms with Crippen molar-refractivity contribution >= 4 is 28.7 Å². The van der Waals surface area contributed by atoms with Crippen LogP contribution in [-0.4, -0.2) is 23.8 Å². The van der Waals surface area contributed by atoms with Gasteiger partial charge in [-0.2, -0.15) is 5.10 Å². The van der Waals surface area contributed by atoms with E-state index in [0.717, 1.165) is 11.6 Å². The number of rotatable bonds is 9. The summed E-state index contributed by atoms with van der Waals surface area (Å²) in [5.74, 6) is -1.08. The molecule has 0 atom stereocenters. The third-order valence-electron chi connectivity index (χ3n) is 3.82. The molecule has 0 unspecified atom stereocenters. The molecular formula is C21H19F2N3O3S. The number of nitrogens with zero attached hydrogens (tertiary/aromatic N) is 2. The van der Waals surface area contributed by atoms with Crippen LogP contribution >= 0.6 is 11.3 Å². The lowest BCUT2D eigenvalue weighted by atomic mass is 10.2. The zero-order valence-corrected chi connectivity index (χ0v) is 16.9. The van der Waals surface area contributed by atoms with E-state index in [1.54, 1.807) is 36.7 Å². The maximum Gasteiger partial charge on any atom is 0.311 e. The molecule has 3 aromatic rings. The first-order valence-electron chi connectivity index (χ1n) is 9.09. The maximum absolute atomic E-state index is 13.7. The monoisotopic (exact) mass is 431 g/mol. The number of aromatic nitrogens is 1. The number of carbonyl (C=O) groups excluding carboxylic acids is 1. The van der Waals surface area contributed by atoms with Crippen LogP contribution in [0, 0.1) is 11.6 Å². The maximum atomic E-state index is 13.7. The van der Waals surface area contributed by atoms with Gasteiger partial charge in [0.05, 0.1) is 24.9 Å². The molecule has 6 nitrogen and oxygen atoms in total. The Hall–Kier alpha value is -3.33. The van der Waals surface area contributed by atoms with Gasteiger partial charge in [-0.1, -0.05) is 12.1 Å². The highest BCUT2D eigenvalue weighted by Crippen LogP contribution is 2.18. The molecule has 0 aliphatic carbocycles. The van der Waals surface area contributed by atoms with Gasteiger partial charge in [-0.3, -0.25) is 10.2 Å². The minimum atomic E-state index is -0.650. The van der Waals surface area contributed by atoms with Crippen LogP contribution in [-0.2, 0) is 22.6 Å². The number of nitrogens with one attached hydrogen (secondary N) is 1. The Morgan fingerprint density at radius 3 is 2.93 bits per heavy atom. The van der Waals surface area contributed by atoms with E-state index >= 15 is 0 Å². The molecule has 1 aromatic heterocycles. The summed E-state index contributed by atoms with van der Waals surface area (Å²) in [5.41, 5.74) is 4.43. The van der Waals surface area contributed by atoms with Crippen LogP contribution in [0.3, 0.4) is 0 Å². The fourth-order valence-electron chi connectivity index (χ4n) is 2.45. The summed E-state index contributed by atoms with van der Waals surface area (Å²) in [4.78, 5) is 15.7. The van der Waals surface area contributed by atoms with Crippen molar-refractivity contribution in [3.8, 4) is 5.75 Å². The van der Waals surface area contributed by atoms with E-state index in [0.29, 0.717) is 23.2 Å². The van der Waals surface area contributed by atoms with Crippen molar-refractivity contribution in [2.75, 3.05) is 12.0 Å². The minimum Gasteiger partial charge on any atom is -0.489 e. The largest absolute Gasteiger partial charge is 0.489 e. The van der Waals surface area contributed by atoms with Crippen molar-refractivity contribution in [2.24, 2.45) is 5.10 Å². The molecule has 156 valence electrons. The molecule has 1 heterocycles. The number of benzene rings is 2. The summed E-state index contributed by atoms with van der Waals surface area (Å²) >= 11 is 1.33. The second-order valence-corrected chi connectivity index (χ2v) is 6.95. The molecule has 0 aliphatic rings. The highest BCUT2D eigenvalue weighted by molar-refractivity contribution is 7.13. The van der Waals surface area contributed by atoms with Gasteiger partial charge in [0.15, 0.2) is 0 Å². The van der Waals surface area contributed by atoms with Gasteiger partial charge < -0.3 is 9.47 Å². The Morgan fingerprint density at radius 2 is 2.13 bits per heavy atom. The SMILES string of the molecule is CCOC(=O)Cc1csc(NN=Cc2cccc(OCc3ccc(F)cc3F)c2)n1. The Balaban J connectivity index is 1.54. The Labute approximate surface area is 176 Å². The summed E-state index contributed by atoms with van der Waals surface area (Å²) in [5, 5.41) is 6.43. The van der Waals surface area contributed by atoms with Crippen molar-refractivity contribution in [3.05, 3.63) is 76.3 Å². The Bertz CT molecular complexity index is 1040. The smallest absolute Gasteiger partial charge is 0.311 e. The van der Waals surface area contributed by atoms with E-state index in [9.17, 15) is 13.6 Å². The second-order valence-electron chi connectivity index (χ2n) is 6.09. The molecule has 0 aliphatic heterocycles. The highest BCUT2D eigenvalue weighted by atomic mass is 32.1. The molecule has 1 N–H and O–H groups in total. The molecule has 0 saturated heterocycles. The predicted octanol–water partition coefficient (Wildman–Crippen LogP) is 4.55. The minimum absolute atomic E-state index is 0.0205. The number of anilines is 1. The number of hydrazone groups is 1. The number of thiazole rings is 1. The first-order valence-corrected chi connectivity index (χ1v) is 9.97. The van der Waals surface area contributed by atoms with Crippen LogP contribution in [0.25, 0.3) is 0 Å². The average molecular weight is 431 g/mol. The molecule has 0 spiro atoms. The topological polar surface area (TPSA) is 72.8 Å². The van der Waals surface area contributed by atoms with E-state index in [1.807, 2.05) is 6.07 Å². The number of ether oxygens (including phenoxy) is 2. The number of halogens is 2. The van der Waals surface area contributed by atoms with Crippen molar-refractivity contribution in [2.45, 2.75) is 20.0 Å². The molecule has 2 aromatic carbocycles. The predicted molar refractivity (Wildman–Crippen MR) is 111 cm³/mol. The molecule has 0 radical (unpaired) electrons. The summed E-state index contributed by atoms with van der Waals surface area (Å²) < 4.78 is 37.1. The Kier molecular flexibility index (Phi) is 7.45. The first kappa shape index (κ1) is 21.4. The van der Waals surface area contributed by atoms with Gasteiger partial charge in [0, 0.05) is 17.0 Å². The molecule has 0 fully saturated rings. The van der Waals surface area contributed by atoms with Crippen molar-refractivity contribution in [3.63, 3.8) is 0 Å². The van der Waals surface area contributed by atoms with Crippen LogP contribution < -0.4 is 10.2 Å². The van der Waals surface area contributed by atoms with E-state index in [4.69, 9.17) is 9.47 Å². The van der Waals surface area contributed by atoms with Gasteiger partial charge in [0.2, 0.25) is 5.13 Å². The molecule has 3 rings (SSSR count). The van der Waals surface area contributed by atoms with E-state index < -0.39 is 11.6 Å². The van der Waals surface area contributed by atoms with Gasteiger partial charge in [-0.05, 0) is 36.8 Å². The lowest BCUT2D eigenvalue weighted by Crippen LogP contribution is -2.07. The number of hydrogen-bond acceptors (Lipinski definition) is 7. The van der Waals surface area contributed by atoms with Gasteiger partial charge in [0.25, 0.3) is 0 Å². The highest BCUT2D eigenvalue weighted by Gasteiger charge is 2.08. The third-order valence-corrected chi connectivity index (χ3v) is 4.62. The molecule has 30 heavy (non-hydrogen) atoms. The summed E-state index contributed by atoms with van der Waals surface area (Å²) in [6, 6.07) is 10.4. The standard InChI is InChI=1S/C21H19F2N3O3S/c1-2-28-20(27)10-17-13-30-21(25-17)26-24-11-14-4-3-5-18(8-14)29-12-15-6-7-16(22)9-19(15)23/h3-9,11,13H,2,10,12H2,1H3,(H,25,26). The first-order chi connectivity index (χ1) is 14.5. The van der Waals surface area contributed by atoms with Gasteiger partial charge >= 0.3 is 5.97 Å². The van der Waals surface area contributed by atoms with E-state index in [1.165, 1.54) is 23.5 Å². The van der Waals surface area contributed by atoms with Crippen molar-refractivity contribution in [1.29, 1.82) is 0 Å². The quantitative estimate of drug-likeness (QED) is 0.306. The van der Waals surface area contributed by atoms with Crippen LogP contribution in [0.1, 0.15) is 23.7 Å². The molecule has 0 bridgehead atoms. The zero-order valence-electron chi connectivity index (χ0n) is 16.1. The summed E-state index contributed by atoms with van der Waals surface area (Å²) in [6.07, 6.45) is 1.70. The zero-order chi connectivity index (χ0) is 21.3. The van der Waals surface area contributed by atoms with E-state index in [-0.39, 0.29) is 24.6 Å². The van der Waals surface area contributed by atoms with Crippen LogP contribution in [0.2, 0.25) is 0 Å². The normalized spacial score (nSPS) is 10.9. The Morgan fingerprint density at radius 1 is 1.27 bits per heavy atom. The molecule has 0 amide bonds. The third kappa shape index (κ3) is 6.35. The van der Waals surface area contributed by atoms with Crippen molar-refractivity contribution in [1.82, 2.24) is 4.98 Å². The average Bonchev–Trinajstić information content (AvgIpc) is 3.15. The number of hydrogen-bond donors (Lipinski definition) is 1.